The second kappa shape index (κ2) is 7.58. The average molecular weight is 291 g/mol. The normalized spacial score (nSPS) is 14.6. The van der Waals surface area contributed by atoms with Crippen LogP contribution < -0.4 is 14.8 Å². The van der Waals surface area contributed by atoms with Gasteiger partial charge in [-0.25, -0.2) is 0 Å². The number of anilines is 1. The lowest BCUT2D eigenvalue weighted by Gasteiger charge is -2.24. The summed E-state index contributed by atoms with van der Waals surface area (Å²) in [7, 11) is 0. The molecule has 1 heterocycles. The van der Waals surface area contributed by atoms with Crippen molar-refractivity contribution in [2.45, 2.75) is 53.0 Å². The molecular formula is C18H29NO2. The van der Waals surface area contributed by atoms with Crippen molar-refractivity contribution < 1.29 is 9.47 Å². The molecule has 0 atom stereocenters. The van der Waals surface area contributed by atoms with Crippen molar-refractivity contribution in [1.29, 1.82) is 0 Å². The Balaban J connectivity index is 2.07. The summed E-state index contributed by atoms with van der Waals surface area (Å²) in [6.45, 7) is 10.6. The van der Waals surface area contributed by atoms with Crippen LogP contribution in [0.4, 0.5) is 5.69 Å². The smallest absolute Gasteiger partial charge is 0.163 e. The first-order valence-electron chi connectivity index (χ1n) is 8.20. The third-order valence-corrected chi connectivity index (χ3v) is 3.63. The lowest BCUT2D eigenvalue weighted by Crippen LogP contribution is -2.23. The van der Waals surface area contributed by atoms with E-state index in [2.05, 4.69) is 45.1 Å². The number of fused-ring (bicyclic) bond motifs is 1. The van der Waals surface area contributed by atoms with Crippen LogP contribution in [0.2, 0.25) is 0 Å². The van der Waals surface area contributed by atoms with Crippen molar-refractivity contribution in [2.75, 3.05) is 18.5 Å². The molecule has 1 aliphatic rings. The Kier molecular flexibility index (Phi) is 5.77. The maximum Gasteiger partial charge on any atom is 0.163 e. The van der Waals surface area contributed by atoms with Crippen molar-refractivity contribution >= 4 is 5.69 Å². The first kappa shape index (κ1) is 16.0. The standard InChI is InChI=1S/C18H29NO2/c1-13(2)10-16(11-14(3)4)19-15-6-7-17-18(12-15)21-9-5-8-20-17/h6-7,12-14,16,19H,5,8-11H2,1-4H3. The average Bonchev–Trinajstić information content (AvgIpc) is 2.61. The largest absolute Gasteiger partial charge is 0.490 e. The zero-order chi connectivity index (χ0) is 15.2. The highest BCUT2D eigenvalue weighted by Crippen LogP contribution is 2.33. The molecule has 1 N–H and O–H groups in total. The highest BCUT2D eigenvalue weighted by molar-refractivity contribution is 5.55. The second-order valence-electron chi connectivity index (χ2n) is 6.81. The van der Waals surface area contributed by atoms with Gasteiger partial charge in [0, 0.05) is 24.2 Å². The van der Waals surface area contributed by atoms with Gasteiger partial charge in [-0.3, -0.25) is 0 Å². The van der Waals surface area contributed by atoms with E-state index < -0.39 is 0 Å². The van der Waals surface area contributed by atoms with Crippen LogP contribution in [0.25, 0.3) is 0 Å². The van der Waals surface area contributed by atoms with E-state index in [1.807, 2.05) is 6.07 Å². The van der Waals surface area contributed by atoms with E-state index in [-0.39, 0.29) is 0 Å². The predicted octanol–water partition coefficient (Wildman–Crippen LogP) is 4.72. The topological polar surface area (TPSA) is 30.5 Å². The summed E-state index contributed by atoms with van der Waals surface area (Å²) in [5.41, 5.74) is 1.13. The highest BCUT2D eigenvalue weighted by atomic mass is 16.5. The fraction of sp³-hybridized carbons (Fsp3) is 0.667. The molecule has 1 aromatic carbocycles. The SMILES string of the molecule is CC(C)CC(CC(C)C)Nc1ccc2c(c1)OCCCO2. The van der Waals surface area contributed by atoms with Gasteiger partial charge in [-0.1, -0.05) is 27.7 Å². The molecule has 1 aliphatic heterocycles. The lowest BCUT2D eigenvalue weighted by atomic mass is 9.95. The van der Waals surface area contributed by atoms with E-state index >= 15 is 0 Å². The van der Waals surface area contributed by atoms with Crippen molar-refractivity contribution in [3.63, 3.8) is 0 Å². The van der Waals surface area contributed by atoms with E-state index in [1.54, 1.807) is 0 Å². The molecule has 21 heavy (non-hydrogen) atoms. The summed E-state index contributed by atoms with van der Waals surface area (Å²) in [5, 5.41) is 3.68. The van der Waals surface area contributed by atoms with Crippen LogP contribution in [-0.4, -0.2) is 19.3 Å². The predicted molar refractivity (Wildman–Crippen MR) is 88.4 cm³/mol. The maximum absolute atomic E-state index is 5.77. The molecule has 0 spiro atoms. The second-order valence-corrected chi connectivity index (χ2v) is 6.81. The van der Waals surface area contributed by atoms with Crippen LogP contribution in [0.15, 0.2) is 18.2 Å². The van der Waals surface area contributed by atoms with Gasteiger partial charge in [-0.2, -0.15) is 0 Å². The zero-order valence-electron chi connectivity index (χ0n) is 13.8. The molecule has 0 aliphatic carbocycles. The summed E-state index contributed by atoms with van der Waals surface area (Å²) in [6, 6.07) is 6.70. The molecule has 0 amide bonds. The first-order chi connectivity index (χ1) is 10.0. The number of hydrogen-bond donors (Lipinski definition) is 1. The van der Waals surface area contributed by atoms with Crippen LogP contribution >= 0.6 is 0 Å². The number of nitrogens with one attached hydrogen (secondary N) is 1. The van der Waals surface area contributed by atoms with E-state index in [0.717, 1.165) is 36.8 Å². The van der Waals surface area contributed by atoms with Gasteiger partial charge in [-0.15, -0.1) is 0 Å². The minimum absolute atomic E-state index is 0.509. The molecule has 0 aromatic heterocycles. The van der Waals surface area contributed by atoms with Crippen LogP contribution in [-0.2, 0) is 0 Å². The number of ether oxygens (including phenoxy) is 2. The van der Waals surface area contributed by atoms with Gasteiger partial charge in [0.2, 0.25) is 0 Å². The third-order valence-electron chi connectivity index (χ3n) is 3.63. The Bertz CT molecular complexity index is 433. The molecule has 118 valence electrons. The van der Waals surface area contributed by atoms with E-state index in [1.165, 1.54) is 12.8 Å². The van der Waals surface area contributed by atoms with Gasteiger partial charge in [0.05, 0.1) is 13.2 Å². The van der Waals surface area contributed by atoms with Gasteiger partial charge >= 0.3 is 0 Å². The minimum atomic E-state index is 0.509. The number of hydrogen-bond acceptors (Lipinski definition) is 3. The number of rotatable bonds is 6. The molecule has 3 nitrogen and oxygen atoms in total. The molecule has 0 saturated carbocycles. The van der Waals surface area contributed by atoms with E-state index in [0.29, 0.717) is 17.9 Å². The molecular weight excluding hydrogens is 262 g/mol. The summed E-state index contributed by atoms with van der Waals surface area (Å²) < 4.78 is 11.5. The maximum atomic E-state index is 5.77. The Morgan fingerprint density at radius 1 is 0.952 bits per heavy atom. The summed E-state index contributed by atoms with van der Waals surface area (Å²) in [6.07, 6.45) is 3.32. The Hall–Kier alpha value is -1.38. The monoisotopic (exact) mass is 291 g/mol. The van der Waals surface area contributed by atoms with E-state index in [4.69, 9.17) is 9.47 Å². The fourth-order valence-corrected chi connectivity index (χ4v) is 2.84. The summed E-state index contributed by atoms with van der Waals surface area (Å²) in [4.78, 5) is 0. The van der Waals surface area contributed by atoms with Crippen LogP contribution in [0.1, 0.15) is 47.0 Å². The Morgan fingerprint density at radius 3 is 2.19 bits per heavy atom. The van der Waals surface area contributed by atoms with E-state index in [9.17, 15) is 0 Å². The quantitative estimate of drug-likeness (QED) is 0.822. The molecule has 0 fully saturated rings. The third kappa shape index (κ3) is 5.14. The van der Waals surface area contributed by atoms with Crippen LogP contribution in [0.5, 0.6) is 11.5 Å². The molecule has 0 saturated heterocycles. The highest BCUT2D eigenvalue weighted by Gasteiger charge is 2.15. The molecule has 2 rings (SSSR count). The van der Waals surface area contributed by atoms with Crippen LogP contribution in [0.3, 0.4) is 0 Å². The Labute approximate surface area is 129 Å². The van der Waals surface area contributed by atoms with Crippen molar-refractivity contribution in [2.24, 2.45) is 11.8 Å². The van der Waals surface area contributed by atoms with Gasteiger partial charge in [-0.05, 0) is 36.8 Å². The molecule has 3 heteroatoms. The number of benzene rings is 1. The van der Waals surface area contributed by atoms with Crippen molar-refractivity contribution in [1.82, 2.24) is 0 Å². The van der Waals surface area contributed by atoms with Crippen molar-refractivity contribution in [3.05, 3.63) is 18.2 Å². The molecule has 1 aromatic rings. The van der Waals surface area contributed by atoms with Gasteiger partial charge < -0.3 is 14.8 Å². The molecule has 0 bridgehead atoms. The Morgan fingerprint density at radius 2 is 1.57 bits per heavy atom. The lowest BCUT2D eigenvalue weighted by molar-refractivity contribution is 0.297. The van der Waals surface area contributed by atoms with Crippen molar-refractivity contribution in [3.8, 4) is 11.5 Å². The minimum Gasteiger partial charge on any atom is -0.490 e. The van der Waals surface area contributed by atoms with Gasteiger partial charge in [0.1, 0.15) is 0 Å². The first-order valence-corrected chi connectivity index (χ1v) is 8.20. The fourth-order valence-electron chi connectivity index (χ4n) is 2.84. The van der Waals surface area contributed by atoms with Crippen LogP contribution in [0, 0.1) is 11.8 Å². The summed E-state index contributed by atoms with van der Waals surface area (Å²) >= 11 is 0. The zero-order valence-corrected chi connectivity index (χ0v) is 13.8. The van der Waals surface area contributed by atoms with Gasteiger partial charge in [0.25, 0.3) is 0 Å². The molecule has 0 unspecified atom stereocenters. The summed E-state index contributed by atoms with van der Waals surface area (Å²) in [5.74, 6) is 3.12. The molecule has 0 radical (unpaired) electrons. The van der Waals surface area contributed by atoms with Gasteiger partial charge in [0.15, 0.2) is 11.5 Å².